The van der Waals surface area contributed by atoms with Crippen LogP contribution in [-0.4, -0.2) is 16.0 Å². The van der Waals surface area contributed by atoms with Gasteiger partial charge in [0, 0.05) is 11.5 Å². The van der Waals surface area contributed by atoms with Crippen LogP contribution in [0.2, 0.25) is 0 Å². The Kier molecular flexibility index (Phi) is 4.34. The zero-order chi connectivity index (χ0) is 16.3. The molecule has 0 aliphatic carbocycles. The molecule has 0 radical (unpaired) electrons. The second-order valence-corrected chi connectivity index (χ2v) is 4.77. The van der Waals surface area contributed by atoms with Crippen LogP contribution in [0, 0.1) is 5.92 Å². The van der Waals surface area contributed by atoms with Gasteiger partial charge in [-0.15, -0.1) is 0 Å². The van der Waals surface area contributed by atoms with Gasteiger partial charge in [-0.2, -0.15) is 18.2 Å². The molecule has 0 unspecified atom stereocenters. The minimum Gasteiger partial charge on any atom is -0.329 e. The van der Waals surface area contributed by atoms with E-state index in [1.165, 1.54) is 12.1 Å². The van der Waals surface area contributed by atoms with Crippen LogP contribution in [0.4, 0.5) is 18.9 Å². The predicted molar refractivity (Wildman–Crippen MR) is 71.3 cm³/mol. The van der Waals surface area contributed by atoms with Crippen molar-refractivity contribution in [2.45, 2.75) is 20.0 Å². The zero-order valence-electron chi connectivity index (χ0n) is 11.7. The van der Waals surface area contributed by atoms with Gasteiger partial charge in [-0.25, -0.2) is 0 Å². The first kappa shape index (κ1) is 15.8. The van der Waals surface area contributed by atoms with Crippen molar-refractivity contribution < 1.29 is 22.5 Å². The van der Waals surface area contributed by atoms with Crippen LogP contribution in [0.15, 0.2) is 28.8 Å². The van der Waals surface area contributed by atoms with Gasteiger partial charge in [0.15, 0.2) is 0 Å². The molecule has 1 aromatic carbocycles. The highest BCUT2D eigenvalue weighted by Gasteiger charge is 2.38. The average Bonchev–Trinajstić information content (AvgIpc) is 2.95. The number of carbonyl (C=O) groups excluding carboxylic acids is 1. The van der Waals surface area contributed by atoms with Gasteiger partial charge in [0.1, 0.15) is 0 Å². The quantitative estimate of drug-likeness (QED) is 0.848. The highest BCUT2D eigenvalue weighted by Crippen LogP contribution is 2.29. The molecule has 0 spiro atoms. The molecule has 2 rings (SSSR count). The minimum atomic E-state index is -4.67. The van der Waals surface area contributed by atoms with Gasteiger partial charge in [0.05, 0.1) is 5.69 Å². The van der Waals surface area contributed by atoms with Gasteiger partial charge in [0.25, 0.3) is 0 Å². The van der Waals surface area contributed by atoms with E-state index in [0.717, 1.165) is 0 Å². The van der Waals surface area contributed by atoms with Gasteiger partial charge in [-0.05, 0) is 24.3 Å². The van der Waals surface area contributed by atoms with Crippen LogP contribution in [0.5, 0.6) is 0 Å². The number of aromatic nitrogens is 2. The average molecular weight is 314 g/mol. The number of carbonyl (C=O) groups is 1. The summed E-state index contributed by atoms with van der Waals surface area (Å²) in [6, 6.07) is 6.16. The number of benzene rings is 1. The lowest BCUT2D eigenvalue weighted by atomic mass is 10.2. The van der Waals surface area contributed by atoms with E-state index in [1.807, 2.05) is 0 Å². The topological polar surface area (TPSA) is 80.0 Å². The molecular weight excluding hydrogens is 301 g/mol. The van der Waals surface area contributed by atoms with Crippen molar-refractivity contribution in [3.05, 3.63) is 30.2 Å². The molecule has 6 nitrogen and oxygen atoms in total. The molecule has 0 fully saturated rings. The molecular formula is C13H13F3N4O2. The lowest BCUT2D eigenvalue weighted by Crippen LogP contribution is -2.32. The van der Waals surface area contributed by atoms with Crippen molar-refractivity contribution in [1.29, 1.82) is 0 Å². The molecule has 118 valence electrons. The number of halogens is 3. The maximum atomic E-state index is 12.4. The Morgan fingerprint density at radius 1 is 1.23 bits per heavy atom. The minimum absolute atomic E-state index is 0.162. The number of rotatable bonds is 4. The number of nitrogens with zero attached hydrogens (tertiary/aromatic N) is 2. The van der Waals surface area contributed by atoms with E-state index in [-0.39, 0.29) is 17.6 Å². The Balaban J connectivity index is 2.06. The summed E-state index contributed by atoms with van der Waals surface area (Å²) in [7, 11) is 0. The lowest BCUT2D eigenvalue weighted by molar-refractivity contribution is -0.159. The largest absolute Gasteiger partial charge is 0.471 e. The van der Waals surface area contributed by atoms with E-state index in [2.05, 4.69) is 25.5 Å². The standard InChI is InChI=1S/C13H13F3N4O2/c1-7(2)11(21)19-18-9-5-3-8(4-6-9)10-17-12(22-20-10)13(14,15)16/h3-7,18H,1-2H3,(H,19,21). The van der Waals surface area contributed by atoms with Gasteiger partial charge < -0.3 is 4.52 Å². The molecule has 0 aliphatic rings. The molecule has 1 heterocycles. The van der Waals surface area contributed by atoms with Crippen molar-refractivity contribution in [2.24, 2.45) is 5.92 Å². The van der Waals surface area contributed by atoms with Crippen LogP contribution in [0.25, 0.3) is 11.4 Å². The smallest absolute Gasteiger partial charge is 0.329 e. The Morgan fingerprint density at radius 2 is 1.86 bits per heavy atom. The van der Waals surface area contributed by atoms with E-state index in [1.54, 1.807) is 26.0 Å². The van der Waals surface area contributed by atoms with Crippen LogP contribution in [-0.2, 0) is 11.0 Å². The van der Waals surface area contributed by atoms with Crippen molar-refractivity contribution in [2.75, 3.05) is 5.43 Å². The lowest BCUT2D eigenvalue weighted by Gasteiger charge is -2.10. The van der Waals surface area contributed by atoms with Crippen molar-refractivity contribution >= 4 is 11.6 Å². The van der Waals surface area contributed by atoms with E-state index in [9.17, 15) is 18.0 Å². The molecule has 0 bridgehead atoms. The maximum absolute atomic E-state index is 12.4. The number of hydrazine groups is 1. The van der Waals surface area contributed by atoms with E-state index in [4.69, 9.17) is 0 Å². The molecule has 22 heavy (non-hydrogen) atoms. The van der Waals surface area contributed by atoms with Gasteiger partial charge in [0.2, 0.25) is 11.7 Å². The third-order valence-electron chi connectivity index (χ3n) is 2.67. The van der Waals surface area contributed by atoms with E-state index >= 15 is 0 Å². The molecule has 1 amide bonds. The summed E-state index contributed by atoms with van der Waals surface area (Å²) < 4.78 is 41.3. The van der Waals surface area contributed by atoms with Crippen LogP contribution < -0.4 is 10.9 Å². The summed E-state index contributed by atoms with van der Waals surface area (Å²) in [5, 5.41) is 3.28. The highest BCUT2D eigenvalue weighted by molar-refractivity contribution is 5.79. The van der Waals surface area contributed by atoms with Crippen LogP contribution in [0.1, 0.15) is 19.7 Å². The van der Waals surface area contributed by atoms with Crippen molar-refractivity contribution in [3.63, 3.8) is 0 Å². The zero-order valence-corrected chi connectivity index (χ0v) is 11.7. The summed E-state index contributed by atoms with van der Waals surface area (Å²) in [6.07, 6.45) is -4.67. The number of nitrogens with one attached hydrogen (secondary N) is 2. The number of anilines is 1. The summed E-state index contributed by atoms with van der Waals surface area (Å²) >= 11 is 0. The number of alkyl halides is 3. The third-order valence-corrected chi connectivity index (χ3v) is 2.67. The monoisotopic (exact) mass is 314 g/mol. The van der Waals surface area contributed by atoms with Crippen molar-refractivity contribution in [1.82, 2.24) is 15.6 Å². The first-order chi connectivity index (χ1) is 10.3. The fourth-order valence-corrected chi connectivity index (χ4v) is 1.44. The summed E-state index contributed by atoms with van der Waals surface area (Å²) in [4.78, 5) is 14.7. The molecule has 2 aromatic rings. The molecule has 0 saturated heterocycles. The second-order valence-electron chi connectivity index (χ2n) is 4.77. The van der Waals surface area contributed by atoms with Gasteiger partial charge in [-0.1, -0.05) is 19.0 Å². The Hall–Kier alpha value is -2.58. The third kappa shape index (κ3) is 3.74. The van der Waals surface area contributed by atoms with Gasteiger partial charge in [-0.3, -0.25) is 15.6 Å². The summed E-state index contributed by atoms with van der Waals surface area (Å²) in [5.41, 5.74) is 6.11. The molecule has 1 aromatic heterocycles. The Labute approximate surface area is 123 Å². The second kappa shape index (κ2) is 6.04. The number of amides is 1. The fraction of sp³-hybridized carbons (Fsp3) is 0.308. The highest BCUT2D eigenvalue weighted by atomic mass is 19.4. The van der Waals surface area contributed by atoms with Crippen LogP contribution in [0.3, 0.4) is 0 Å². The first-order valence-electron chi connectivity index (χ1n) is 6.34. The fourth-order valence-electron chi connectivity index (χ4n) is 1.44. The molecule has 0 aliphatic heterocycles. The van der Waals surface area contributed by atoms with Gasteiger partial charge >= 0.3 is 12.1 Å². The van der Waals surface area contributed by atoms with Crippen LogP contribution >= 0.6 is 0 Å². The Bertz CT molecular complexity index is 650. The first-order valence-corrected chi connectivity index (χ1v) is 6.34. The van der Waals surface area contributed by atoms with E-state index < -0.39 is 12.1 Å². The SMILES string of the molecule is CC(C)C(=O)NNc1ccc(-c2noc(C(F)(F)F)n2)cc1. The molecule has 0 saturated carbocycles. The van der Waals surface area contributed by atoms with E-state index in [0.29, 0.717) is 11.3 Å². The summed E-state index contributed by atoms with van der Waals surface area (Å²) in [6.45, 7) is 3.49. The molecule has 9 heteroatoms. The predicted octanol–water partition coefficient (Wildman–Crippen LogP) is 2.85. The van der Waals surface area contributed by atoms with Crippen molar-refractivity contribution in [3.8, 4) is 11.4 Å². The normalized spacial score (nSPS) is 11.5. The summed E-state index contributed by atoms with van der Waals surface area (Å²) in [5.74, 6) is -1.91. The number of hydrogen-bond acceptors (Lipinski definition) is 5. The Morgan fingerprint density at radius 3 is 2.36 bits per heavy atom. The maximum Gasteiger partial charge on any atom is 0.471 e. The molecule has 2 N–H and O–H groups in total. The number of hydrogen-bond donors (Lipinski definition) is 2. The molecule has 0 atom stereocenters.